The first-order chi connectivity index (χ1) is 10.0. The maximum Gasteiger partial charge on any atom is 0.338 e. The predicted octanol–water partition coefficient (Wildman–Crippen LogP) is 2.66. The van der Waals surface area contributed by atoms with Crippen LogP contribution in [-0.4, -0.2) is 21.0 Å². The van der Waals surface area contributed by atoms with E-state index in [1.165, 1.54) is 36.4 Å². The highest BCUT2D eigenvalue weighted by molar-refractivity contribution is 7.92. The Hall–Kier alpha value is -2.34. The minimum Gasteiger partial charge on any atom is -0.462 e. The largest absolute Gasteiger partial charge is 0.462 e. The molecule has 2 aromatic carbocycles. The molecule has 0 aliphatic carbocycles. The van der Waals surface area contributed by atoms with Crippen molar-refractivity contribution < 1.29 is 17.9 Å². The van der Waals surface area contributed by atoms with E-state index in [-0.39, 0.29) is 4.90 Å². The van der Waals surface area contributed by atoms with Crippen LogP contribution in [0.25, 0.3) is 0 Å². The average molecular weight is 305 g/mol. The first-order valence-electron chi connectivity index (χ1n) is 6.38. The predicted molar refractivity (Wildman–Crippen MR) is 79.6 cm³/mol. The van der Waals surface area contributed by atoms with Crippen LogP contribution in [0.1, 0.15) is 17.3 Å². The molecular formula is C15H15NO4S. The molecule has 0 fully saturated rings. The van der Waals surface area contributed by atoms with Crippen molar-refractivity contribution in [1.82, 2.24) is 0 Å². The smallest absolute Gasteiger partial charge is 0.338 e. The van der Waals surface area contributed by atoms with E-state index >= 15 is 0 Å². The number of benzene rings is 2. The Kier molecular flexibility index (Phi) is 4.59. The average Bonchev–Trinajstić information content (AvgIpc) is 2.49. The van der Waals surface area contributed by atoms with Gasteiger partial charge in [-0.3, -0.25) is 4.72 Å². The highest BCUT2D eigenvalue weighted by Gasteiger charge is 2.13. The topological polar surface area (TPSA) is 72.5 Å². The van der Waals surface area contributed by atoms with Gasteiger partial charge in [-0.2, -0.15) is 0 Å². The third-order valence-corrected chi connectivity index (χ3v) is 4.10. The minimum absolute atomic E-state index is 0.180. The maximum atomic E-state index is 12.1. The van der Waals surface area contributed by atoms with Crippen LogP contribution in [0.4, 0.5) is 5.69 Å². The molecule has 0 heterocycles. The summed E-state index contributed by atoms with van der Waals surface area (Å²) in [6.07, 6.45) is 0. The van der Waals surface area contributed by atoms with Gasteiger partial charge in [0.2, 0.25) is 0 Å². The van der Waals surface area contributed by atoms with Gasteiger partial charge in [-0.1, -0.05) is 18.2 Å². The van der Waals surface area contributed by atoms with E-state index in [4.69, 9.17) is 4.74 Å². The van der Waals surface area contributed by atoms with Gasteiger partial charge in [0.1, 0.15) is 0 Å². The molecule has 0 amide bonds. The van der Waals surface area contributed by atoms with Crippen LogP contribution in [0.15, 0.2) is 59.5 Å². The van der Waals surface area contributed by atoms with Crippen LogP contribution >= 0.6 is 0 Å². The minimum atomic E-state index is -3.62. The Bertz CT molecular complexity index is 709. The van der Waals surface area contributed by atoms with Crippen LogP contribution in [0.2, 0.25) is 0 Å². The van der Waals surface area contributed by atoms with Crippen LogP contribution in [-0.2, 0) is 14.8 Å². The van der Waals surface area contributed by atoms with Crippen LogP contribution < -0.4 is 4.72 Å². The highest BCUT2D eigenvalue weighted by Crippen LogP contribution is 2.16. The van der Waals surface area contributed by atoms with Gasteiger partial charge < -0.3 is 4.74 Å². The number of rotatable bonds is 5. The number of esters is 1. The Morgan fingerprint density at radius 1 is 1.05 bits per heavy atom. The summed E-state index contributed by atoms with van der Waals surface area (Å²) in [6.45, 7) is 2.02. The zero-order valence-corrected chi connectivity index (χ0v) is 12.3. The third kappa shape index (κ3) is 3.82. The lowest BCUT2D eigenvalue weighted by Gasteiger charge is -2.08. The third-order valence-electron chi connectivity index (χ3n) is 2.70. The van der Waals surface area contributed by atoms with Gasteiger partial charge in [-0.05, 0) is 43.3 Å². The molecule has 0 atom stereocenters. The van der Waals surface area contributed by atoms with Gasteiger partial charge in [0.15, 0.2) is 0 Å². The lowest BCUT2D eigenvalue weighted by molar-refractivity contribution is 0.0526. The highest BCUT2D eigenvalue weighted by atomic mass is 32.2. The van der Waals surface area contributed by atoms with Gasteiger partial charge in [-0.15, -0.1) is 0 Å². The number of carbonyl (C=O) groups is 1. The summed E-state index contributed by atoms with van der Waals surface area (Å²) in [5.74, 6) is -0.435. The van der Waals surface area contributed by atoms with E-state index in [1.807, 2.05) is 0 Å². The van der Waals surface area contributed by atoms with Crippen molar-refractivity contribution >= 4 is 21.7 Å². The number of anilines is 1. The molecule has 0 spiro atoms. The zero-order chi connectivity index (χ0) is 15.3. The second kappa shape index (κ2) is 6.41. The molecule has 1 N–H and O–H groups in total. The summed E-state index contributed by atoms with van der Waals surface area (Å²) in [7, 11) is -3.62. The molecule has 21 heavy (non-hydrogen) atoms. The van der Waals surface area contributed by atoms with Crippen LogP contribution in [0.5, 0.6) is 0 Å². The molecule has 0 saturated heterocycles. The molecule has 6 heteroatoms. The lowest BCUT2D eigenvalue weighted by atomic mass is 10.2. The first kappa shape index (κ1) is 15.1. The van der Waals surface area contributed by atoms with E-state index in [9.17, 15) is 13.2 Å². The second-order valence-electron chi connectivity index (χ2n) is 4.22. The number of sulfonamides is 1. The fraction of sp³-hybridized carbons (Fsp3) is 0.133. The summed E-state index contributed by atoms with van der Waals surface area (Å²) in [4.78, 5) is 11.7. The Balaban J connectivity index is 2.15. The molecule has 0 aromatic heterocycles. The van der Waals surface area contributed by atoms with Crippen molar-refractivity contribution in [3.63, 3.8) is 0 Å². The summed E-state index contributed by atoms with van der Waals surface area (Å²) in [5, 5.41) is 0. The van der Waals surface area contributed by atoms with Crippen molar-refractivity contribution in [3.8, 4) is 0 Å². The molecule has 2 aromatic rings. The van der Waals surface area contributed by atoms with Gasteiger partial charge >= 0.3 is 5.97 Å². The quantitative estimate of drug-likeness (QED) is 0.862. The van der Waals surface area contributed by atoms with Crippen molar-refractivity contribution in [2.45, 2.75) is 11.8 Å². The lowest BCUT2D eigenvalue weighted by Crippen LogP contribution is -2.13. The van der Waals surface area contributed by atoms with Crippen LogP contribution in [0, 0.1) is 0 Å². The van der Waals surface area contributed by atoms with Crippen molar-refractivity contribution in [1.29, 1.82) is 0 Å². The number of ether oxygens (including phenoxy) is 1. The fourth-order valence-electron chi connectivity index (χ4n) is 1.70. The van der Waals surface area contributed by atoms with Gasteiger partial charge in [-0.25, -0.2) is 13.2 Å². The summed E-state index contributed by atoms with van der Waals surface area (Å²) < 4.78 is 31.6. The van der Waals surface area contributed by atoms with Crippen molar-refractivity contribution in [2.24, 2.45) is 0 Å². The molecule has 110 valence electrons. The van der Waals surface area contributed by atoms with Gasteiger partial charge in [0, 0.05) is 5.69 Å². The summed E-state index contributed by atoms with van der Waals surface area (Å²) in [6, 6.07) is 14.1. The molecule has 0 radical (unpaired) electrons. The van der Waals surface area contributed by atoms with Crippen molar-refractivity contribution in [2.75, 3.05) is 11.3 Å². The second-order valence-corrected chi connectivity index (χ2v) is 5.90. The van der Waals surface area contributed by atoms with E-state index in [1.54, 1.807) is 25.1 Å². The van der Waals surface area contributed by atoms with Gasteiger partial charge in [0.05, 0.1) is 17.1 Å². The molecule has 0 bridgehead atoms. The number of carbonyl (C=O) groups excluding carboxylic acids is 1. The molecule has 2 rings (SSSR count). The molecule has 0 unspecified atom stereocenters. The number of hydrogen-bond acceptors (Lipinski definition) is 4. The van der Waals surface area contributed by atoms with Crippen LogP contribution in [0.3, 0.4) is 0 Å². The summed E-state index contributed by atoms with van der Waals surface area (Å²) >= 11 is 0. The Morgan fingerprint density at radius 2 is 1.67 bits per heavy atom. The monoisotopic (exact) mass is 305 g/mol. The fourth-order valence-corrected chi connectivity index (χ4v) is 2.78. The Labute approximate surface area is 123 Å². The maximum absolute atomic E-state index is 12.1. The standard InChI is InChI=1S/C15H15NO4S/c1-2-20-15(17)12-8-10-13(11-9-12)16-21(18,19)14-6-4-3-5-7-14/h3-11,16H,2H2,1H3. The van der Waals surface area contributed by atoms with E-state index in [0.717, 1.165) is 0 Å². The van der Waals surface area contributed by atoms with Gasteiger partial charge in [0.25, 0.3) is 10.0 Å². The molecule has 0 saturated carbocycles. The normalized spacial score (nSPS) is 10.9. The number of nitrogens with one attached hydrogen (secondary N) is 1. The Morgan fingerprint density at radius 3 is 2.24 bits per heavy atom. The molecule has 5 nitrogen and oxygen atoms in total. The summed E-state index contributed by atoms with van der Waals surface area (Å²) in [5.41, 5.74) is 0.756. The molecule has 0 aliphatic heterocycles. The van der Waals surface area contributed by atoms with E-state index in [0.29, 0.717) is 17.9 Å². The van der Waals surface area contributed by atoms with E-state index < -0.39 is 16.0 Å². The van der Waals surface area contributed by atoms with Crippen molar-refractivity contribution in [3.05, 3.63) is 60.2 Å². The first-order valence-corrected chi connectivity index (χ1v) is 7.86. The molecule has 0 aliphatic rings. The zero-order valence-electron chi connectivity index (χ0n) is 11.4. The molecular weight excluding hydrogens is 290 g/mol. The number of hydrogen-bond donors (Lipinski definition) is 1. The SMILES string of the molecule is CCOC(=O)c1ccc(NS(=O)(=O)c2ccccc2)cc1. The van der Waals surface area contributed by atoms with E-state index in [2.05, 4.69) is 4.72 Å².